The summed E-state index contributed by atoms with van der Waals surface area (Å²) in [6.07, 6.45) is 0.844. The van der Waals surface area contributed by atoms with E-state index in [1.165, 1.54) is 0 Å². The van der Waals surface area contributed by atoms with Gasteiger partial charge in [0, 0.05) is 23.4 Å². The Morgan fingerprint density at radius 2 is 1.32 bits per heavy atom. The van der Waals surface area contributed by atoms with Gasteiger partial charge in [0.05, 0.1) is 0 Å². The first kappa shape index (κ1) is 19.4. The molecule has 0 aliphatic carbocycles. The van der Waals surface area contributed by atoms with Crippen LogP contribution in [0.1, 0.15) is 44.3 Å². The molecule has 0 saturated heterocycles. The molecule has 0 fully saturated rings. The second kappa shape index (κ2) is 9.00. The maximum atomic E-state index is 12.5. The highest BCUT2D eigenvalue weighted by Gasteiger charge is 2.11. The third kappa shape index (κ3) is 4.65. The van der Waals surface area contributed by atoms with Crippen molar-refractivity contribution in [3.63, 3.8) is 0 Å². The Labute approximate surface area is 165 Å². The molecule has 0 spiro atoms. The van der Waals surface area contributed by atoms with Crippen LogP contribution in [0.4, 0.5) is 5.69 Å². The van der Waals surface area contributed by atoms with Crippen LogP contribution >= 0.6 is 0 Å². The summed E-state index contributed by atoms with van der Waals surface area (Å²) >= 11 is 0. The lowest BCUT2D eigenvalue weighted by Gasteiger charge is -2.10. The SMILES string of the molecule is CCc1ccccc1NC(=O)c1ccc(C(=O)NCc2ccccc2C)cc1. The van der Waals surface area contributed by atoms with Gasteiger partial charge in [-0.1, -0.05) is 49.4 Å². The van der Waals surface area contributed by atoms with Crippen molar-refractivity contribution in [2.24, 2.45) is 0 Å². The molecule has 4 heteroatoms. The Morgan fingerprint density at radius 1 is 0.750 bits per heavy atom. The molecule has 142 valence electrons. The van der Waals surface area contributed by atoms with Gasteiger partial charge in [0.25, 0.3) is 11.8 Å². The van der Waals surface area contributed by atoms with Crippen molar-refractivity contribution in [2.75, 3.05) is 5.32 Å². The fraction of sp³-hybridized carbons (Fsp3) is 0.167. The molecule has 3 aromatic carbocycles. The quantitative estimate of drug-likeness (QED) is 0.657. The molecule has 4 nitrogen and oxygen atoms in total. The number of nitrogens with one attached hydrogen (secondary N) is 2. The molecule has 0 aliphatic heterocycles. The zero-order valence-electron chi connectivity index (χ0n) is 16.2. The van der Waals surface area contributed by atoms with E-state index in [4.69, 9.17) is 0 Å². The molecule has 0 aromatic heterocycles. The summed E-state index contributed by atoms with van der Waals surface area (Å²) in [6, 6.07) is 22.4. The standard InChI is InChI=1S/C24H24N2O2/c1-3-18-9-6-7-11-22(18)26-24(28)20-14-12-19(13-15-20)23(27)25-16-21-10-5-4-8-17(21)2/h4-15H,3,16H2,1-2H3,(H,25,27)(H,26,28). The van der Waals surface area contributed by atoms with Crippen molar-refractivity contribution in [1.29, 1.82) is 0 Å². The summed E-state index contributed by atoms with van der Waals surface area (Å²) in [6.45, 7) is 4.54. The minimum atomic E-state index is -0.187. The predicted molar refractivity (Wildman–Crippen MR) is 113 cm³/mol. The first-order valence-corrected chi connectivity index (χ1v) is 9.40. The first-order valence-electron chi connectivity index (χ1n) is 9.40. The van der Waals surface area contributed by atoms with Crippen LogP contribution in [0, 0.1) is 6.92 Å². The molecular weight excluding hydrogens is 348 g/mol. The smallest absolute Gasteiger partial charge is 0.255 e. The van der Waals surface area contributed by atoms with Crippen molar-refractivity contribution in [2.45, 2.75) is 26.8 Å². The fourth-order valence-corrected chi connectivity index (χ4v) is 3.00. The summed E-state index contributed by atoms with van der Waals surface area (Å²) < 4.78 is 0. The van der Waals surface area contributed by atoms with Crippen LogP contribution in [-0.2, 0) is 13.0 Å². The topological polar surface area (TPSA) is 58.2 Å². The van der Waals surface area contributed by atoms with E-state index in [0.717, 1.165) is 28.8 Å². The zero-order chi connectivity index (χ0) is 19.9. The molecule has 0 bridgehead atoms. The van der Waals surface area contributed by atoms with E-state index in [0.29, 0.717) is 17.7 Å². The maximum Gasteiger partial charge on any atom is 0.255 e. The number of anilines is 1. The van der Waals surface area contributed by atoms with Crippen LogP contribution < -0.4 is 10.6 Å². The monoisotopic (exact) mass is 372 g/mol. The molecule has 0 unspecified atom stereocenters. The highest BCUT2D eigenvalue weighted by molar-refractivity contribution is 6.05. The Kier molecular flexibility index (Phi) is 6.22. The summed E-state index contributed by atoms with van der Waals surface area (Å²) in [5, 5.41) is 5.86. The third-order valence-electron chi connectivity index (χ3n) is 4.76. The number of carbonyl (C=O) groups is 2. The van der Waals surface area contributed by atoms with Crippen LogP contribution in [0.3, 0.4) is 0 Å². The Balaban J connectivity index is 1.63. The van der Waals surface area contributed by atoms with Gasteiger partial charge < -0.3 is 10.6 Å². The second-order valence-electron chi connectivity index (χ2n) is 6.65. The Hall–Kier alpha value is -3.40. The van der Waals surface area contributed by atoms with Gasteiger partial charge in [0.15, 0.2) is 0 Å². The van der Waals surface area contributed by atoms with Gasteiger partial charge in [-0.2, -0.15) is 0 Å². The molecule has 2 N–H and O–H groups in total. The highest BCUT2D eigenvalue weighted by atomic mass is 16.2. The van der Waals surface area contributed by atoms with E-state index in [2.05, 4.69) is 17.6 Å². The highest BCUT2D eigenvalue weighted by Crippen LogP contribution is 2.17. The maximum absolute atomic E-state index is 12.5. The van der Waals surface area contributed by atoms with Gasteiger partial charge in [0.2, 0.25) is 0 Å². The van der Waals surface area contributed by atoms with E-state index >= 15 is 0 Å². The van der Waals surface area contributed by atoms with Crippen molar-refractivity contribution in [3.8, 4) is 0 Å². The molecule has 2 amide bonds. The number of rotatable bonds is 6. The second-order valence-corrected chi connectivity index (χ2v) is 6.65. The van der Waals surface area contributed by atoms with Gasteiger partial charge in [-0.25, -0.2) is 0 Å². The number of hydrogen-bond donors (Lipinski definition) is 2. The molecule has 28 heavy (non-hydrogen) atoms. The molecule has 0 atom stereocenters. The normalized spacial score (nSPS) is 10.4. The van der Waals surface area contributed by atoms with E-state index in [9.17, 15) is 9.59 Å². The summed E-state index contributed by atoms with van der Waals surface area (Å²) in [5.74, 6) is -0.348. The minimum Gasteiger partial charge on any atom is -0.348 e. The number of carbonyl (C=O) groups excluding carboxylic acids is 2. The minimum absolute atomic E-state index is 0.161. The average molecular weight is 372 g/mol. The van der Waals surface area contributed by atoms with Crippen LogP contribution in [0.15, 0.2) is 72.8 Å². The molecule has 0 radical (unpaired) electrons. The molecule has 3 aromatic rings. The Morgan fingerprint density at radius 3 is 1.96 bits per heavy atom. The third-order valence-corrected chi connectivity index (χ3v) is 4.76. The number of benzene rings is 3. The van der Waals surface area contributed by atoms with Gasteiger partial charge >= 0.3 is 0 Å². The lowest BCUT2D eigenvalue weighted by atomic mass is 10.1. The number of amides is 2. The van der Waals surface area contributed by atoms with E-state index < -0.39 is 0 Å². The summed E-state index contributed by atoms with van der Waals surface area (Å²) in [4.78, 5) is 24.9. The zero-order valence-corrected chi connectivity index (χ0v) is 16.2. The van der Waals surface area contributed by atoms with Crippen molar-refractivity contribution >= 4 is 17.5 Å². The lowest BCUT2D eigenvalue weighted by molar-refractivity contribution is 0.0949. The van der Waals surface area contributed by atoms with Gasteiger partial charge in [-0.05, 0) is 60.4 Å². The van der Waals surface area contributed by atoms with Crippen LogP contribution in [0.5, 0.6) is 0 Å². The number of aryl methyl sites for hydroxylation is 2. The van der Waals surface area contributed by atoms with Crippen molar-refractivity contribution in [3.05, 3.63) is 101 Å². The lowest BCUT2D eigenvalue weighted by Crippen LogP contribution is -2.23. The largest absolute Gasteiger partial charge is 0.348 e. The summed E-state index contributed by atoms with van der Waals surface area (Å²) in [5.41, 5.74) is 5.17. The van der Waals surface area contributed by atoms with Crippen LogP contribution in [0.2, 0.25) is 0 Å². The van der Waals surface area contributed by atoms with E-state index in [1.807, 2.05) is 55.5 Å². The van der Waals surface area contributed by atoms with Crippen LogP contribution in [-0.4, -0.2) is 11.8 Å². The molecule has 0 aliphatic rings. The van der Waals surface area contributed by atoms with Crippen molar-refractivity contribution < 1.29 is 9.59 Å². The van der Waals surface area contributed by atoms with Crippen LogP contribution in [0.25, 0.3) is 0 Å². The molecule has 0 saturated carbocycles. The van der Waals surface area contributed by atoms with Crippen molar-refractivity contribution in [1.82, 2.24) is 5.32 Å². The molecule has 0 heterocycles. The molecular formula is C24H24N2O2. The molecule has 3 rings (SSSR count). The average Bonchev–Trinajstić information content (AvgIpc) is 2.73. The van der Waals surface area contributed by atoms with Gasteiger partial charge in [0.1, 0.15) is 0 Å². The first-order chi connectivity index (χ1) is 13.6. The number of hydrogen-bond acceptors (Lipinski definition) is 2. The Bertz CT molecular complexity index is 978. The van der Waals surface area contributed by atoms with E-state index in [1.54, 1.807) is 24.3 Å². The van der Waals surface area contributed by atoms with Gasteiger partial charge in [-0.3, -0.25) is 9.59 Å². The van der Waals surface area contributed by atoms with E-state index in [-0.39, 0.29) is 11.8 Å². The fourth-order valence-electron chi connectivity index (χ4n) is 3.00. The van der Waals surface area contributed by atoms with Gasteiger partial charge in [-0.15, -0.1) is 0 Å². The predicted octanol–water partition coefficient (Wildman–Crippen LogP) is 4.74. The number of para-hydroxylation sites is 1. The summed E-state index contributed by atoms with van der Waals surface area (Å²) in [7, 11) is 0.